The number of hydrogen-bond donors (Lipinski definition) is 1. The maximum absolute atomic E-state index is 11.6. The van der Waals surface area contributed by atoms with Crippen molar-refractivity contribution in [3.05, 3.63) is 27.7 Å². The lowest BCUT2D eigenvalue weighted by Gasteiger charge is -2.17. The molecule has 0 fully saturated rings. The van der Waals surface area contributed by atoms with Crippen LogP contribution in [0, 0.1) is 0 Å². The van der Waals surface area contributed by atoms with E-state index in [1.165, 1.54) is 0 Å². The van der Waals surface area contributed by atoms with E-state index in [-0.39, 0.29) is 12.0 Å². The van der Waals surface area contributed by atoms with E-state index in [0.717, 1.165) is 10.2 Å². The molecule has 0 aliphatic heterocycles. The molecule has 17 heavy (non-hydrogen) atoms. The van der Waals surface area contributed by atoms with Gasteiger partial charge in [0, 0.05) is 9.50 Å². The van der Waals surface area contributed by atoms with Gasteiger partial charge in [-0.1, -0.05) is 18.5 Å². The third-order valence-corrected chi connectivity index (χ3v) is 3.16. The molecule has 1 aromatic carbocycles. The first-order chi connectivity index (χ1) is 8.08. The van der Waals surface area contributed by atoms with Crippen LogP contribution in [-0.4, -0.2) is 18.6 Å². The fourth-order valence-corrected chi connectivity index (χ4v) is 1.90. The molecule has 0 aromatic heterocycles. The Labute approximate surface area is 115 Å². The second-order valence-electron chi connectivity index (χ2n) is 3.48. The van der Waals surface area contributed by atoms with Gasteiger partial charge in [0.15, 0.2) is 0 Å². The van der Waals surface area contributed by atoms with Crippen molar-refractivity contribution in [2.75, 3.05) is 11.9 Å². The van der Waals surface area contributed by atoms with E-state index in [0.29, 0.717) is 18.1 Å². The predicted molar refractivity (Wildman–Crippen MR) is 73.5 cm³/mol. The Morgan fingerprint density at radius 2 is 2.24 bits per heavy atom. The number of carbonyl (C=O) groups is 1. The zero-order valence-electron chi connectivity index (χ0n) is 9.80. The second kappa shape index (κ2) is 6.87. The van der Waals surface area contributed by atoms with Gasteiger partial charge in [-0.15, -0.1) is 0 Å². The molecule has 1 rings (SSSR count). The molecular weight excluding hydrogens is 305 g/mol. The van der Waals surface area contributed by atoms with E-state index in [4.69, 9.17) is 16.3 Å². The van der Waals surface area contributed by atoms with Crippen LogP contribution >= 0.6 is 27.5 Å². The first-order valence-electron chi connectivity index (χ1n) is 5.46. The van der Waals surface area contributed by atoms with Gasteiger partial charge in [0.1, 0.15) is 6.04 Å². The van der Waals surface area contributed by atoms with Crippen LogP contribution in [0.5, 0.6) is 0 Å². The highest BCUT2D eigenvalue weighted by Crippen LogP contribution is 2.26. The van der Waals surface area contributed by atoms with Gasteiger partial charge < -0.3 is 10.1 Å². The summed E-state index contributed by atoms with van der Waals surface area (Å²) >= 11 is 9.31. The summed E-state index contributed by atoms with van der Waals surface area (Å²) in [5.41, 5.74) is 0.789. The molecule has 1 aromatic rings. The summed E-state index contributed by atoms with van der Waals surface area (Å²) in [7, 11) is 0. The van der Waals surface area contributed by atoms with Crippen LogP contribution in [-0.2, 0) is 9.53 Å². The molecule has 0 spiro atoms. The lowest BCUT2D eigenvalue weighted by atomic mass is 10.2. The third-order valence-electron chi connectivity index (χ3n) is 2.24. The van der Waals surface area contributed by atoms with Crippen LogP contribution in [0.15, 0.2) is 22.7 Å². The summed E-state index contributed by atoms with van der Waals surface area (Å²) in [6, 6.07) is 5.03. The highest BCUT2D eigenvalue weighted by Gasteiger charge is 2.18. The van der Waals surface area contributed by atoms with Crippen LogP contribution in [0.4, 0.5) is 5.69 Å². The topological polar surface area (TPSA) is 38.3 Å². The molecular formula is C12H15BrClNO2. The molecule has 0 bridgehead atoms. The van der Waals surface area contributed by atoms with Crippen molar-refractivity contribution in [1.29, 1.82) is 0 Å². The van der Waals surface area contributed by atoms with Crippen molar-refractivity contribution in [3.63, 3.8) is 0 Å². The molecule has 0 aliphatic carbocycles. The smallest absolute Gasteiger partial charge is 0.328 e. The fraction of sp³-hybridized carbons (Fsp3) is 0.417. The van der Waals surface area contributed by atoms with Gasteiger partial charge in [-0.2, -0.15) is 0 Å². The summed E-state index contributed by atoms with van der Waals surface area (Å²) in [6.45, 7) is 4.10. The van der Waals surface area contributed by atoms with Gasteiger partial charge in [-0.3, -0.25) is 0 Å². The third kappa shape index (κ3) is 4.21. The first-order valence-corrected chi connectivity index (χ1v) is 6.63. The summed E-state index contributed by atoms with van der Waals surface area (Å²) in [5, 5.41) is 3.74. The number of benzene rings is 1. The van der Waals surface area contributed by atoms with Crippen LogP contribution in [0.25, 0.3) is 0 Å². The monoisotopic (exact) mass is 319 g/mol. The summed E-state index contributed by atoms with van der Waals surface area (Å²) < 4.78 is 5.85. The largest absolute Gasteiger partial charge is 0.464 e. The van der Waals surface area contributed by atoms with Gasteiger partial charge in [0.2, 0.25) is 0 Å². The average Bonchev–Trinajstić information content (AvgIpc) is 2.30. The number of hydrogen-bond acceptors (Lipinski definition) is 3. The number of rotatable bonds is 5. The highest BCUT2D eigenvalue weighted by atomic mass is 79.9. The Morgan fingerprint density at radius 1 is 1.53 bits per heavy atom. The fourth-order valence-electron chi connectivity index (χ4n) is 1.37. The molecule has 1 unspecified atom stereocenters. The van der Waals surface area contributed by atoms with E-state index in [9.17, 15) is 4.79 Å². The Kier molecular flexibility index (Phi) is 5.78. The van der Waals surface area contributed by atoms with Crippen molar-refractivity contribution in [1.82, 2.24) is 0 Å². The van der Waals surface area contributed by atoms with Crippen molar-refractivity contribution in [2.45, 2.75) is 26.3 Å². The summed E-state index contributed by atoms with van der Waals surface area (Å²) in [4.78, 5) is 11.6. The first kappa shape index (κ1) is 14.3. The Bertz CT molecular complexity index is 398. The highest BCUT2D eigenvalue weighted by molar-refractivity contribution is 9.10. The maximum Gasteiger partial charge on any atom is 0.328 e. The lowest BCUT2D eigenvalue weighted by molar-refractivity contribution is -0.144. The molecule has 1 atom stereocenters. The average molecular weight is 321 g/mol. The number of nitrogens with one attached hydrogen (secondary N) is 1. The number of ether oxygens (including phenoxy) is 1. The van der Waals surface area contributed by atoms with E-state index in [1.807, 2.05) is 13.0 Å². The second-order valence-corrected chi connectivity index (χ2v) is 4.77. The van der Waals surface area contributed by atoms with Crippen molar-refractivity contribution in [3.8, 4) is 0 Å². The molecule has 5 heteroatoms. The lowest BCUT2D eigenvalue weighted by Crippen LogP contribution is -2.30. The van der Waals surface area contributed by atoms with Gasteiger partial charge >= 0.3 is 5.97 Å². The minimum atomic E-state index is -0.357. The van der Waals surface area contributed by atoms with Crippen molar-refractivity contribution in [2.24, 2.45) is 0 Å². The molecule has 0 heterocycles. The molecule has 0 saturated carbocycles. The zero-order chi connectivity index (χ0) is 12.8. The van der Waals surface area contributed by atoms with Gasteiger partial charge in [-0.05, 0) is 47.5 Å². The number of esters is 1. The normalized spacial score (nSPS) is 12.0. The molecule has 94 valence electrons. The molecule has 0 aliphatic rings. The maximum atomic E-state index is 11.6. The standard InChI is InChI=1S/C12H15BrClNO2/c1-3-10(12(16)17-4-2)15-11-7-8(14)5-6-9(11)13/h5-7,10,15H,3-4H2,1-2H3. The predicted octanol–water partition coefficient (Wildman–Crippen LogP) is 3.86. The van der Waals surface area contributed by atoms with Crippen molar-refractivity contribution >= 4 is 39.2 Å². The Morgan fingerprint density at radius 3 is 2.82 bits per heavy atom. The van der Waals surface area contributed by atoms with E-state index < -0.39 is 0 Å². The van der Waals surface area contributed by atoms with E-state index in [1.54, 1.807) is 19.1 Å². The molecule has 1 N–H and O–H groups in total. The summed E-state index contributed by atoms with van der Waals surface area (Å²) in [6.07, 6.45) is 0.651. The molecule has 3 nitrogen and oxygen atoms in total. The Hall–Kier alpha value is -0.740. The molecule has 0 radical (unpaired) electrons. The van der Waals surface area contributed by atoms with Crippen LogP contribution in [0.3, 0.4) is 0 Å². The Balaban J connectivity index is 2.80. The van der Waals surface area contributed by atoms with Crippen LogP contribution < -0.4 is 5.32 Å². The summed E-state index contributed by atoms with van der Waals surface area (Å²) in [5.74, 6) is -0.248. The molecule has 0 amide bonds. The number of anilines is 1. The van der Waals surface area contributed by atoms with E-state index >= 15 is 0 Å². The minimum absolute atomic E-state index is 0.248. The minimum Gasteiger partial charge on any atom is -0.464 e. The van der Waals surface area contributed by atoms with Gasteiger partial charge in [-0.25, -0.2) is 4.79 Å². The number of halogens is 2. The van der Waals surface area contributed by atoms with Crippen LogP contribution in [0.1, 0.15) is 20.3 Å². The quantitative estimate of drug-likeness (QED) is 0.837. The van der Waals surface area contributed by atoms with Crippen LogP contribution in [0.2, 0.25) is 5.02 Å². The number of carbonyl (C=O) groups excluding carboxylic acids is 1. The SMILES string of the molecule is CCOC(=O)C(CC)Nc1cc(Cl)ccc1Br. The van der Waals surface area contributed by atoms with Gasteiger partial charge in [0.25, 0.3) is 0 Å². The van der Waals surface area contributed by atoms with Crippen molar-refractivity contribution < 1.29 is 9.53 Å². The van der Waals surface area contributed by atoms with Gasteiger partial charge in [0.05, 0.1) is 12.3 Å². The molecule has 0 saturated heterocycles. The van der Waals surface area contributed by atoms with E-state index in [2.05, 4.69) is 21.2 Å². The zero-order valence-corrected chi connectivity index (χ0v) is 12.1.